The zero-order valence-corrected chi connectivity index (χ0v) is 23.5. The average molecular weight is 539 g/mol. The smallest absolute Gasteiger partial charge is 0.339 e. The van der Waals surface area contributed by atoms with Gasteiger partial charge in [0.2, 0.25) is 5.91 Å². The Kier molecular flexibility index (Phi) is 7.85. The Balaban J connectivity index is 2.15. The van der Waals surface area contributed by atoms with Crippen molar-refractivity contribution >= 4 is 23.5 Å². The predicted molar refractivity (Wildman–Crippen MR) is 148 cm³/mol. The number of primary amides is 1. The molecule has 0 saturated carbocycles. The van der Waals surface area contributed by atoms with Crippen LogP contribution < -0.4 is 16.2 Å². The summed E-state index contributed by atoms with van der Waals surface area (Å²) in [4.78, 5) is 39.2. The first-order valence-electron chi connectivity index (χ1n) is 12.8. The minimum atomic E-state index is -1.29. The van der Waals surface area contributed by atoms with E-state index >= 15 is 0 Å². The molecular weight excluding hydrogens is 500 g/mol. The van der Waals surface area contributed by atoms with Crippen LogP contribution in [-0.2, 0) is 15.6 Å². The van der Waals surface area contributed by atoms with Crippen molar-refractivity contribution < 1.29 is 29.3 Å². The molecule has 1 heterocycles. The second-order valence-electron chi connectivity index (χ2n) is 11.9. The van der Waals surface area contributed by atoms with Crippen molar-refractivity contribution in [3.05, 3.63) is 57.6 Å². The van der Waals surface area contributed by atoms with Gasteiger partial charge in [0.05, 0.1) is 19.2 Å². The molecule has 39 heavy (non-hydrogen) atoms. The van der Waals surface area contributed by atoms with E-state index in [1.807, 2.05) is 41.5 Å². The molecule has 1 aliphatic rings. The molecule has 0 aliphatic carbocycles. The third kappa shape index (κ3) is 5.61. The van der Waals surface area contributed by atoms with Gasteiger partial charge in [0.25, 0.3) is 0 Å². The number of carbonyl (C=O) groups excluding carboxylic acids is 2. The van der Waals surface area contributed by atoms with E-state index in [0.29, 0.717) is 22.3 Å². The predicted octanol–water partition coefficient (Wildman–Crippen LogP) is 3.46. The molecule has 0 radical (unpaired) electrons. The van der Waals surface area contributed by atoms with Crippen LogP contribution in [0.2, 0.25) is 0 Å². The fraction of sp³-hybridized carbons (Fsp3) is 0.448. The number of aromatic carboxylic acids is 1. The number of nitrogens with one attached hydrogen (secondary N) is 1. The summed E-state index contributed by atoms with van der Waals surface area (Å²) in [7, 11) is 0. The van der Waals surface area contributed by atoms with Gasteiger partial charge in [-0.3, -0.25) is 15.0 Å². The Labute approximate surface area is 228 Å². The minimum Gasteiger partial charge on any atom is -0.507 e. The number of phenolic OH excluding ortho intramolecular Hbond substituents is 1. The third-order valence-electron chi connectivity index (χ3n) is 6.91. The lowest BCUT2D eigenvalue weighted by Gasteiger charge is -2.30. The van der Waals surface area contributed by atoms with Gasteiger partial charge in [-0.15, -0.1) is 0 Å². The van der Waals surface area contributed by atoms with Crippen LogP contribution in [-0.4, -0.2) is 57.8 Å². The molecule has 2 aromatic rings. The number of carboxylic acids is 1. The Morgan fingerprint density at radius 3 is 2.03 bits per heavy atom. The number of benzene rings is 2. The van der Waals surface area contributed by atoms with Gasteiger partial charge < -0.3 is 31.3 Å². The number of ketones is 1. The summed E-state index contributed by atoms with van der Waals surface area (Å²) in [6.07, 6.45) is 0. The number of carbonyl (C=O) groups is 3. The van der Waals surface area contributed by atoms with Crippen LogP contribution in [0.5, 0.6) is 11.5 Å². The monoisotopic (exact) mass is 538 g/mol. The van der Waals surface area contributed by atoms with E-state index < -0.39 is 34.8 Å². The number of fused-ring (bicyclic) bond motifs is 1. The number of aromatic hydroxyl groups is 1. The Bertz CT molecular complexity index is 1320. The Hall–Kier alpha value is -3.92. The number of carboxylic acid groups (broad SMARTS) is 1. The number of amidine groups is 1. The van der Waals surface area contributed by atoms with Crippen LogP contribution in [0.3, 0.4) is 0 Å². The van der Waals surface area contributed by atoms with Crippen molar-refractivity contribution in [2.45, 2.75) is 71.4 Å². The number of rotatable bonds is 8. The van der Waals surface area contributed by atoms with Crippen molar-refractivity contribution in [3.63, 3.8) is 0 Å². The number of amides is 1. The topological polar surface area (TPSA) is 180 Å². The lowest BCUT2D eigenvalue weighted by Crippen LogP contribution is -2.48. The number of nitrogens with zero attached hydrogens (tertiary/aromatic N) is 1. The molecule has 0 saturated heterocycles. The molecule has 7 N–H and O–H groups in total. The van der Waals surface area contributed by atoms with E-state index in [1.165, 1.54) is 17.0 Å². The molecule has 3 rings (SSSR count). The molecule has 1 aliphatic heterocycles. The summed E-state index contributed by atoms with van der Waals surface area (Å²) < 4.78 is 5.52. The molecule has 0 bridgehead atoms. The fourth-order valence-electron chi connectivity index (χ4n) is 4.85. The van der Waals surface area contributed by atoms with Gasteiger partial charge in [-0.25, -0.2) is 4.79 Å². The van der Waals surface area contributed by atoms with E-state index in [4.69, 9.17) is 21.6 Å². The third-order valence-corrected chi connectivity index (χ3v) is 6.91. The van der Waals surface area contributed by atoms with Gasteiger partial charge in [-0.05, 0) is 47.6 Å². The molecule has 0 spiro atoms. The fourth-order valence-corrected chi connectivity index (χ4v) is 4.85. The number of nitrogens with two attached hydrogens (primary N) is 2. The first-order valence-corrected chi connectivity index (χ1v) is 12.8. The Morgan fingerprint density at radius 1 is 1.05 bits per heavy atom. The minimum absolute atomic E-state index is 0.0644. The van der Waals surface area contributed by atoms with Crippen LogP contribution in [0.25, 0.3) is 0 Å². The highest BCUT2D eigenvalue weighted by Crippen LogP contribution is 2.42. The van der Waals surface area contributed by atoms with Gasteiger partial charge >= 0.3 is 5.97 Å². The summed E-state index contributed by atoms with van der Waals surface area (Å²) >= 11 is 0. The van der Waals surface area contributed by atoms with E-state index in [9.17, 15) is 24.6 Å². The molecule has 0 fully saturated rings. The van der Waals surface area contributed by atoms with Gasteiger partial charge in [0.1, 0.15) is 28.9 Å². The molecule has 2 aromatic carbocycles. The van der Waals surface area contributed by atoms with E-state index in [0.717, 1.165) is 0 Å². The second-order valence-corrected chi connectivity index (χ2v) is 11.9. The number of Topliss-reactive ketones (excluding diaryl/α,β-unsaturated/α-hetero) is 1. The van der Waals surface area contributed by atoms with Crippen LogP contribution in [0.15, 0.2) is 24.3 Å². The summed E-state index contributed by atoms with van der Waals surface area (Å²) in [5.41, 5.74) is 12.8. The van der Waals surface area contributed by atoms with Gasteiger partial charge in [-0.2, -0.15) is 0 Å². The van der Waals surface area contributed by atoms with Gasteiger partial charge in [-0.1, -0.05) is 41.5 Å². The number of hydrogen-bond donors (Lipinski definition) is 5. The number of phenols is 1. The van der Waals surface area contributed by atoms with Crippen molar-refractivity contribution in [2.75, 3.05) is 13.2 Å². The zero-order valence-electron chi connectivity index (χ0n) is 23.5. The summed E-state index contributed by atoms with van der Waals surface area (Å²) in [6.45, 7) is 13.2. The highest BCUT2D eigenvalue weighted by Gasteiger charge is 2.42. The summed E-state index contributed by atoms with van der Waals surface area (Å²) in [6, 6.07) is 3.77. The van der Waals surface area contributed by atoms with Crippen molar-refractivity contribution in [1.29, 1.82) is 5.41 Å². The van der Waals surface area contributed by atoms with E-state index in [-0.39, 0.29) is 47.4 Å². The second kappa shape index (κ2) is 10.3. The highest BCUT2D eigenvalue weighted by molar-refractivity contribution is 6.08. The quantitative estimate of drug-likeness (QED) is 0.317. The molecule has 210 valence electrons. The molecule has 0 aromatic heterocycles. The zero-order chi connectivity index (χ0) is 29.6. The van der Waals surface area contributed by atoms with Crippen molar-refractivity contribution in [1.82, 2.24) is 4.90 Å². The molecule has 10 nitrogen and oxygen atoms in total. The number of ether oxygens (including phenoxy) is 1. The van der Waals surface area contributed by atoms with Crippen LogP contribution >= 0.6 is 0 Å². The normalized spacial score (nSPS) is 16.2. The summed E-state index contributed by atoms with van der Waals surface area (Å²) in [5, 5.41) is 29.6. The van der Waals surface area contributed by atoms with Crippen molar-refractivity contribution in [2.24, 2.45) is 11.5 Å². The summed E-state index contributed by atoms with van der Waals surface area (Å²) in [5.74, 6) is -2.41. The van der Waals surface area contributed by atoms with E-state index in [2.05, 4.69) is 0 Å². The molecule has 2 unspecified atom stereocenters. The maximum atomic E-state index is 13.8. The largest absolute Gasteiger partial charge is 0.507 e. The van der Waals surface area contributed by atoms with Gasteiger partial charge in [0, 0.05) is 22.3 Å². The molecule has 10 heteroatoms. The lowest BCUT2D eigenvalue weighted by molar-refractivity contribution is -0.120. The van der Waals surface area contributed by atoms with Crippen LogP contribution in [0.1, 0.15) is 97.5 Å². The first kappa shape index (κ1) is 29.6. The SMILES string of the molecule is CCOc1cc2c(cc1C(=O)O)C(=N)N(CC(=O)c1cc(C(C)(C)C)c(O)c(C(C)(C)C)c1)C2C(N)C(N)=O. The first-order chi connectivity index (χ1) is 17.9. The number of hydrogen-bond acceptors (Lipinski definition) is 7. The molecular formula is C29H38N4O6. The molecule has 2 atom stereocenters. The molecule has 1 amide bonds. The van der Waals surface area contributed by atoms with Crippen LogP contribution in [0, 0.1) is 5.41 Å². The standard InChI is InChI=1S/C29H38N4O6/c1-8-39-21-12-15-16(11-17(21)27(37)38)25(31)33(23(15)22(30)26(32)36)13-20(34)14-9-18(28(2,3)4)24(35)19(10-14)29(5,6)7/h9-12,22-23,31,35H,8,13,30H2,1-7H3,(H2,32,36)(H,37,38). The van der Waals surface area contributed by atoms with Gasteiger partial charge in [0.15, 0.2) is 5.78 Å². The highest BCUT2D eigenvalue weighted by atomic mass is 16.5. The Morgan fingerprint density at radius 2 is 1.59 bits per heavy atom. The maximum absolute atomic E-state index is 13.8. The van der Waals surface area contributed by atoms with Crippen LogP contribution in [0.4, 0.5) is 0 Å². The van der Waals surface area contributed by atoms with E-state index in [1.54, 1.807) is 19.1 Å². The lowest BCUT2D eigenvalue weighted by atomic mass is 9.78. The van der Waals surface area contributed by atoms with Crippen molar-refractivity contribution in [3.8, 4) is 11.5 Å². The average Bonchev–Trinajstić information content (AvgIpc) is 3.07. The maximum Gasteiger partial charge on any atom is 0.339 e.